The fourth-order valence-corrected chi connectivity index (χ4v) is 1.94. The zero-order valence-electron chi connectivity index (χ0n) is 11.3. The predicted molar refractivity (Wildman–Crippen MR) is 70.7 cm³/mol. The van der Waals surface area contributed by atoms with Crippen LogP contribution in [0.5, 0.6) is 0 Å². The van der Waals surface area contributed by atoms with Crippen LogP contribution >= 0.6 is 0 Å². The first kappa shape index (κ1) is 15.1. The first-order valence-electron chi connectivity index (χ1n) is 6.35. The number of hydrogen-bond acceptors (Lipinski definition) is 2. The van der Waals surface area contributed by atoms with Gasteiger partial charge in [-0.2, -0.15) is 0 Å². The Kier molecular flexibility index (Phi) is 6.22. The Labute approximate surface area is 108 Å². The molecule has 2 nitrogen and oxygen atoms in total. The molecule has 0 bridgehead atoms. The molecule has 1 N–H and O–H groups in total. The standard InChI is InChI=1S/C14H22F2N2/c1-4-7-17-12(10-18(2)3)8-11-5-6-13(15)14(16)9-11/h5-6,9,12,17H,4,7-8,10H2,1-3H3. The van der Waals surface area contributed by atoms with Crippen molar-refractivity contribution in [2.75, 3.05) is 27.2 Å². The van der Waals surface area contributed by atoms with E-state index in [0.29, 0.717) is 6.42 Å². The van der Waals surface area contributed by atoms with Gasteiger partial charge in [0.05, 0.1) is 0 Å². The van der Waals surface area contributed by atoms with Gasteiger partial charge in [-0.1, -0.05) is 13.0 Å². The molecule has 0 spiro atoms. The first-order valence-corrected chi connectivity index (χ1v) is 6.35. The van der Waals surface area contributed by atoms with E-state index in [1.165, 1.54) is 12.1 Å². The minimum absolute atomic E-state index is 0.254. The van der Waals surface area contributed by atoms with E-state index in [2.05, 4.69) is 17.1 Å². The molecule has 102 valence electrons. The molecule has 0 aliphatic rings. The van der Waals surface area contributed by atoms with Crippen LogP contribution in [0.3, 0.4) is 0 Å². The Morgan fingerprint density at radius 1 is 1.22 bits per heavy atom. The highest BCUT2D eigenvalue weighted by Crippen LogP contribution is 2.11. The van der Waals surface area contributed by atoms with Crippen molar-refractivity contribution in [1.29, 1.82) is 0 Å². The molecule has 1 rings (SSSR count). The quantitative estimate of drug-likeness (QED) is 0.806. The maximum absolute atomic E-state index is 13.1. The van der Waals surface area contributed by atoms with Crippen molar-refractivity contribution in [3.8, 4) is 0 Å². The van der Waals surface area contributed by atoms with Crippen LogP contribution in [0, 0.1) is 11.6 Å². The zero-order valence-corrected chi connectivity index (χ0v) is 11.3. The van der Waals surface area contributed by atoms with Gasteiger partial charge in [-0.3, -0.25) is 0 Å². The maximum atomic E-state index is 13.1. The van der Waals surface area contributed by atoms with Crippen molar-refractivity contribution in [1.82, 2.24) is 10.2 Å². The van der Waals surface area contributed by atoms with Crippen LogP contribution in [0.1, 0.15) is 18.9 Å². The molecule has 0 saturated heterocycles. The number of benzene rings is 1. The topological polar surface area (TPSA) is 15.3 Å². The first-order chi connectivity index (χ1) is 8.52. The summed E-state index contributed by atoms with van der Waals surface area (Å²) in [6.07, 6.45) is 1.76. The van der Waals surface area contributed by atoms with E-state index >= 15 is 0 Å². The van der Waals surface area contributed by atoms with Crippen LogP contribution in [-0.2, 0) is 6.42 Å². The van der Waals surface area contributed by atoms with Gasteiger partial charge >= 0.3 is 0 Å². The van der Waals surface area contributed by atoms with Gasteiger partial charge in [0.1, 0.15) is 0 Å². The average Bonchev–Trinajstić information content (AvgIpc) is 2.30. The van der Waals surface area contributed by atoms with Gasteiger partial charge in [0, 0.05) is 12.6 Å². The van der Waals surface area contributed by atoms with E-state index in [4.69, 9.17) is 0 Å². The number of nitrogens with zero attached hydrogens (tertiary/aromatic N) is 1. The SMILES string of the molecule is CCCNC(Cc1ccc(F)c(F)c1)CN(C)C. The molecule has 1 unspecified atom stereocenters. The summed E-state index contributed by atoms with van der Waals surface area (Å²) in [4.78, 5) is 2.09. The van der Waals surface area contributed by atoms with Gasteiger partial charge in [-0.25, -0.2) is 8.78 Å². The third kappa shape index (κ3) is 5.10. The summed E-state index contributed by atoms with van der Waals surface area (Å²) < 4.78 is 26.0. The Morgan fingerprint density at radius 3 is 2.50 bits per heavy atom. The molecule has 0 amide bonds. The summed E-state index contributed by atoms with van der Waals surface area (Å²) in [5.41, 5.74) is 0.823. The lowest BCUT2D eigenvalue weighted by molar-refractivity contribution is 0.335. The van der Waals surface area contributed by atoms with Crippen molar-refractivity contribution in [2.24, 2.45) is 0 Å². The molecule has 0 aromatic heterocycles. The molecular weight excluding hydrogens is 234 g/mol. The van der Waals surface area contributed by atoms with Crippen LogP contribution < -0.4 is 5.32 Å². The molecule has 0 aliphatic heterocycles. The molecule has 0 aliphatic carbocycles. The second-order valence-corrected chi connectivity index (χ2v) is 4.87. The van der Waals surface area contributed by atoms with Gasteiger partial charge < -0.3 is 10.2 Å². The lowest BCUT2D eigenvalue weighted by Crippen LogP contribution is -2.40. The largest absolute Gasteiger partial charge is 0.312 e. The van der Waals surface area contributed by atoms with Crippen molar-refractivity contribution in [2.45, 2.75) is 25.8 Å². The minimum atomic E-state index is -0.788. The van der Waals surface area contributed by atoms with E-state index in [-0.39, 0.29) is 6.04 Å². The van der Waals surface area contributed by atoms with Gasteiger partial charge in [0.2, 0.25) is 0 Å². The summed E-state index contributed by atoms with van der Waals surface area (Å²) in [6, 6.07) is 4.38. The third-order valence-electron chi connectivity index (χ3n) is 2.73. The van der Waals surface area contributed by atoms with E-state index in [1.807, 2.05) is 14.1 Å². The van der Waals surface area contributed by atoms with Crippen LogP contribution in [0.2, 0.25) is 0 Å². The molecule has 0 fully saturated rings. The van der Waals surface area contributed by atoms with E-state index in [1.54, 1.807) is 6.07 Å². The van der Waals surface area contributed by atoms with E-state index in [9.17, 15) is 8.78 Å². The molecule has 4 heteroatoms. The summed E-state index contributed by atoms with van der Waals surface area (Å²) in [6.45, 7) is 3.92. The molecule has 18 heavy (non-hydrogen) atoms. The number of rotatable bonds is 7. The summed E-state index contributed by atoms with van der Waals surface area (Å²) in [5.74, 6) is -1.56. The Morgan fingerprint density at radius 2 is 1.94 bits per heavy atom. The summed E-state index contributed by atoms with van der Waals surface area (Å²) in [7, 11) is 4.01. The minimum Gasteiger partial charge on any atom is -0.312 e. The fourth-order valence-electron chi connectivity index (χ4n) is 1.94. The maximum Gasteiger partial charge on any atom is 0.159 e. The summed E-state index contributed by atoms with van der Waals surface area (Å²) >= 11 is 0. The number of nitrogens with one attached hydrogen (secondary N) is 1. The smallest absolute Gasteiger partial charge is 0.159 e. The number of likely N-dealkylation sites (N-methyl/N-ethyl adjacent to an activating group) is 1. The number of hydrogen-bond donors (Lipinski definition) is 1. The molecular formula is C14H22F2N2. The van der Waals surface area contributed by atoms with Gasteiger partial charge in [-0.15, -0.1) is 0 Å². The highest BCUT2D eigenvalue weighted by Gasteiger charge is 2.11. The molecule has 0 saturated carbocycles. The molecule has 0 heterocycles. The van der Waals surface area contributed by atoms with Gasteiger partial charge in [0.25, 0.3) is 0 Å². The Hall–Kier alpha value is -1.00. The lowest BCUT2D eigenvalue weighted by atomic mass is 10.1. The zero-order chi connectivity index (χ0) is 13.5. The molecule has 1 atom stereocenters. The second-order valence-electron chi connectivity index (χ2n) is 4.87. The molecule has 0 radical (unpaired) electrons. The normalized spacial score (nSPS) is 13.0. The Balaban J connectivity index is 2.65. The average molecular weight is 256 g/mol. The monoisotopic (exact) mass is 256 g/mol. The molecule has 1 aromatic rings. The highest BCUT2D eigenvalue weighted by atomic mass is 19.2. The van der Waals surface area contributed by atoms with E-state index < -0.39 is 11.6 Å². The fraction of sp³-hybridized carbons (Fsp3) is 0.571. The second kappa shape index (κ2) is 7.44. The summed E-state index contributed by atoms with van der Waals surface area (Å²) in [5, 5.41) is 3.43. The highest BCUT2D eigenvalue weighted by molar-refractivity contribution is 5.19. The van der Waals surface area contributed by atoms with Gasteiger partial charge in [0.15, 0.2) is 11.6 Å². The van der Waals surface area contributed by atoms with Gasteiger partial charge in [-0.05, 0) is 51.2 Å². The predicted octanol–water partition coefficient (Wildman–Crippen LogP) is 2.44. The van der Waals surface area contributed by atoms with Crippen LogP contribution in [0.25, 0.3) is 0 Å². The van der Waals surface area contributed by atoms with Crippen molar-refractivity contribution in [3.05, 3.63) is 35.4 Å². The van der Waals surface area contributed by atoms with Crippen molar-refractivity contribution < 1.29 is 8.78 Å². The van der Waals surface area contributed by atoms with Crippen LogP contribution in [0.4, 0.5) is 8.78 Å². The third-order valence-corrected chi connectivity index (χ3v) is 2.73. The Bertz CT molecular complexity index is 367. The lowest BCUT2D eigenvalue weighted by Gasteiger charge is -2.22. The van der Waals surface area contributed by atoms with E-state index in [0.717, 1.165) is 25.1 Å². The van der Waals surface area contributed by atoms with Crippen molar-refractivity contribution >= 4 is 0 Å². The molecule has 1 aromatic carbocycles. The van der Waals surface area contributed by atoms with Crippen LogP contribution in [0.15, 0.2) is 18.2 Å². The number of halogens is 2. The van der Waals surface area contributed by atoms with Crippen LogP contribution in [-0.4, -0.2) is 38.1 Å². The van der Waals surface area contributed by atoms with Crippen molar-refractivity contribution in [3.63, 3.8) is 0 Å².